The van der Waals surface area contributed by atoms with E-state index in [9.17, 15) is 18.0 Å². The number of benzene rings is 2. The van der Waals surface area contributed by atoms with Gasteiger partial charge in [0.25, 0.3) is 5.91 Å². The van der Waals surface area contributed by atoms with Crippen LogP contribution in [0.5, 0.6) is 5.75 Å². The fourth-order valence-corrected chi connectivity index (χ4v) is 10.2. The van der Waals surface area contributed by atoms with E-state index in [4.69, 9.17) is 25.8 Å². The molecule has 2 bridgehead atoms. The predicted octanol–water partition coefficient (Wildman–Crippen LogP) is 4.86. The van der Waals surface area contributed by atoms with Gasteiger partial charge >= 0.3 is 0 Å². The monoisotopic (exact) mass is 772 g/mol. The van der Waals surface area contributed by atoms with Crippen molar-refractivity contribution in [3.63, 3.8) is 0 Å². The van der Waals surface area contributed by atoms with Crippen molar-refractivity contribution in [1.82, 2.24) is 14.5 Å². The van der Waals surface area contributed by atoms with Gasteiger partial charge in [0.2, 0.25) is 15.9 Å². The SMILES string of the molecule is C[C@@H]1[C@@H](C)C/C=C(\F)[C@H](C(=O)N(C)CC2COCCO2)N2CCC[C@H]2CN2C[C@@]3(CCCc4cc(Cl)ccc43)COc3ccc(cc32)C(=O)NS1(=O)=O. The molecule has 14 heteroatoms. The van der Waals surface area contributed by atoms with E-state index in [0.717, 1.165) is 32.1 Å². The third-order valence-corrected chi connectivity index (χ3v) is 14.1. The first-order chi connectivity index (χ1) is 25.3. The summed E-state index contributed by atoms with van der Waals surface area (Å²) in [4.78, 5) is 33.7. The highest BCUT2D eigenvalue weighted by Crippen LogP contribution is 2.45. The molecule has 4 heterocycles. The normalized spacial score (nSPS) is 31.6. The molecule has 288 valence electrons. The summed E-state index contributed by atoms with van der Waals surface area (Å²) in [6, 6.07) is 9.64. The number of rotatable bonds is 3. The minimum absolute atomic E-state index is 0.0575. The van der Waals surface area contributed by atoms with Gasteiger partial charge < -0.3 is 24.0 Å². The van der Waals surface area contributed by atoms with Crippen LogP contribution < -0.4 is 14.4 Å². The zero-order valence-electron chi connectivity index (χ0n) is 30.7. The van der Waals surface area contributed by atoms with Gasteiger partial charge in [0.1, 0.15) is 17.6 Å². The van der Waals surface area contributed by atoms with E-state index in [0.29, 0.717) is 62.5 Å². The van der Waals surface area contributed by atoms with Gasteiger partial charge in [0.15, 0.2) is 0 Å². The molecular weight excluding hydrogens is 723 g/mol. The molecule has 7 rings (SSSR count). The van der Waals surface area contributed by atoms with Crippen molar-refractivity contribution in [2.75, 3.05) is 64.6 Å². The van der Waals surface area contributed by atoms with Crippen molar-refractivity contribution < 1.29 is 36.6 Å². The van der Waals surface area contributed by atoms with Gasteiger partial charge in [-0.1, -0.05) is 30.7 Å². The molecule has 0 saturated carbocycles. The molecule has 1 spiro atoms. The number of ether oxygens (including phenoxy) is 3. The fraction of sp³-hybridized carbons (Fsp3) is 0.590. The highest BCUT2D eigenvalue weighted by atomic mass is 35.5. The number of carbonyl (C=O) groups excluding carboxylic acids is 2. The number of nitrogens with one attached hydrogen (secondary N) is 1. The van der Waals surface area contributed by atoms with Crippen LogP contribution in [0.25, 0.3) is 0 Å². The maximum absolute atomic E-state index is 16.8. The third kappa shape index (κ3) is 7.82. The van der Waals surface area contributed by atoms with Crippen molar-refractivity contribution in [3.05, 3.63) is 70.0 Å². The molecule has 0 aromatic heterocycles. The lowest BCUT2D eigenvalue weighted by molar-refractivity contribution is -0.141. The highest BCUT2D eigenvalue weighted by Gasteiger charge is 2.45. The average molecular weight is 773 g/mol. The van der Waals surface area contributed by atoms with Crippen molar-refractivity contribution in [1.29, 1.82) is 0 Å². The van der Waals surface area contributed by atoms with Crippen LogP contribution in [-0.2, 0) is 36.1 Å². The van der Waals surface area contributed by atoms with Crippen molar-refractivity contribution in [2.24, 2.45) is 5.92 Å². The van der Waals surface area contributed by atoms with E-state index in [1.54, 1.807) is 32.2 Å². The second-order valence-corrected chi connectivity index (χ2v) is 18.0. The average Bonchev–Trinajstić information content (AvgIpc) is 3.53. The van der Waals surface area contributed by atoms with Crippen molar-refractivity contribution >= 4 is 39.1 Å². The summed E-state index contributed by atoms with van der Waals surface area (Å²) in [6.07, 6.45) is 5.29. The van der Waals surface area contributed by atoms with Crippen LogP contribution in [0.2, 0.25) is 5.02 Å². The summed E-state index contributed by atoms with van der Waals surface area (Å²) in [5, 5.41) is -0.346. The molecule has 2 saturated heterocycles. The number of likely N-dealkylation sites (N-methyl/N-ethyl adjacent to an activating group) is 1. The number of halogens is 2. The predicted molar refractivity (Wildman–Crippen MR) is 201 cm³/mol. The number of nitrogens with zero attached hydrogens (tertiary/aromatic N) is 3. The van der Waals surface area contributed by atoms with Gasteiger partial charge in [-0.05, 0) is 99.4 Å². The largest absolute Gasteiger partial charge is 0.490 e. The van der Waals surface area contributed by atoms with Gasteiger partial charge in [-0.15, -0.1) is 0 Å². The van der Waals surface area contributed by atoms with E-state index in [1.807, 2.05) is 17.0 Å². The topological polar surface area (TPSA) is 118 Å². The number of amides is 2. The maximum atomic E-state index is 16.8. The maximum Gasteiger partial charge on any atom is 0.264 e. The van der Waals surface area contributed by atoms with E-state index < -0.39 is 50.3 Å². The van der Waals surface area contributed by atoms with Gasteiger partial charge in [-0.3, -0.25) is 14.5 Å². The number of sulfonamides is 1. The fourth-order valence-electron chi connectivity index (χ4n) is 8.76. The van der Waals surface area contributed by atoms with Crippen LogP contribution in [-0.4, -0.2) is 113 Å². The molecule has 2 aromatic carbocycles. The first kappa shape index (κ1) is 38.1. The van der Waals surface area contributed by atoms with Gasteiger partial charge in [-0.25, -0.2) is 17.5 Å². The Morgan fingerprint density at radius 2 is 1.98 bits per heavy atom. The van der Waals surface area contributed by atoms with E-state index in [-0.39, 0.29) is 30.7 Å². The first-order valence-electron chi connectivity index (χ1n) is 18.8. The lowest BCUT2D eigenvalue weighted by atomic mass is 9.70. The smallest absolute Gasteiger partial charge is 0.264 e. The summed E-state index contributed by atoms with van der Waals surface area (Å²) < 4.78 is 64.1. The Morgan fingerprint density at radius 1 is 1.15 bits per heavy atom. The number of hydrogen-bond donors (Lipinski definition) is 1. The molecule has 2 fully saturated rings. The van der Waals surface area contributed by atoms with Crippen LogP contribution >= 0.6 is 11.6 Å². The second kappa shape index (κ2) is 15.5. The zero-order chi connectivity index (χ0) is 37.5. The quantitative estimate of drug-likeness (QED) is 0.467. The Kier molecular flexibility index (Phi) is 11.1. The Morgan fingerprint density at radius 3 is 2.77 bits per heavy atom. The number of aryl methyl sites for hydroxylation is 1. The summed E-state index contributed by atoms with van der Waals surface area (Å²) in [7, 11) is -2.48. The zero-order valence-corrected chi connectivity index (χ0v) is 32.3. The lowest BCUT2D eigenvalue weighted by Crippen LogP contribution is -2.55. The number of carbonyl (C=O) groups is 2. The third-order valence-electron chi connectivity index (χ3n) is 11.9. The van der Waals surface area contributed by atoms with Crippen molar-refractivity contribution in [3.8, 4) is 5.75 Å². The van der Waals surface area contributed by atoms with E-state index >= 15 is 4.39 Å². The van der Waals surface area contributed by atoms with Crippen LogP contribution in [0.4, 0.5) is 10.1 Å². The summed E-state index contributed by atoms with van der Waals surface area (Å²) in [5.41, 5.74) is 2.77. The molecule has 1 N–H and O–H groups in total. The summed E-state index contributed by atoms with van der Waals surface area (Å²) >= 11 is 6.45. The van der Waals surface area contributed by atoms with E-state index in [2.05, 4.69) is 15.7 Å². The minimum Gasteiger partial charge on any atom is -0.490 e. The highest BCUT2D eigenvalue weighted by molar-refractivity contribution is 7.90. The Balaban J connectivity index is 1.31. The van der Waals surface area contributed by atoms with Crippen LogP contribution in [0.1, 0.15) is 67.4 Å². The van der Waals surface area contributed by atoms with Crippen LogP contribution in [0.3, 0.4) is 0 Å². The standard InChI is InChI=1S/C39H50ClFN4O7S/c1-25-8-12-33(41)36(38(47)43(3)21-31-22-50-16-17-51-31)45-15-5-7-30(45)20-44-23-39(14-4-6-27-18-29(40)10-11-32(27)39)24-52-35-13-9-28(19-34(35)44)37(46)42-53(48,49)26(25)2/h9-13,18-19,25-26,30-31,36H,4-8,14-17,20-24H2,1-3H3,(H,42,46)/b33-12-/t25-,26+,30-,31?,36+,39-/m0/s1. The molecule has 6 atom stereocenters. The molecule has 2 aromatic rings. The first-order valence-corrected chi connectivity index (χ1v) is 20.7. The van der Waals surface area contributed by atoms with Crippen molar-refractivity contribution in [2.45, 2.75) is 81.2 Å². The Labute approximate surface area is 316 Å². The van der Waals surface area contributed by atoms with Gasteiger partial charge in [-0.2, -0.15) is 0 Å². The molecule has 1 aliphatic carbocycles. The van der Waals surface area contributed by atoms with Gasteiger partial charge in [0, 0.05) is 48.7 Å². The summed E-state index contributed by atoms with van der Waals surface area (Å²) in [5.74, 6) is -1.73. The number of hydrogen-bond acceptors (Lipinski definition) is 9. The molecule has 4 aliphatic heterocycles. The van der Waals surface area contributed by atoms with Crippen LogP contribution in [0.15, 0.2) is 48.3 Å². The Bertz CT molecular complexity index is 1860. The summed E-state index contributed by atoms with van der Waals surface area (Å²) in [6.45, 7) is 6.60. The molecule has 53 heavy (non-hydrogen) atoms. The molecule has 1 unspecified atom stereocenters. The second-order valence-electron chi connectivity index (χ2n) is 15.5. The number of anilines is 1. The molecule has 0 radical (unpaired) electrons. The molecular formula is C39H50ClFN4O7S. The lowest BCUT2D eigenvalue weighted by Gasteiger charge is -2.42. The molecule has 11 nitrogen and oxygen atoms in total. The Hall–Kier alpha value is -3.23. The molecule has 5 aliphatic rings. The number of allylic oxidation sites excluding steroid dienone is 1. The molecule has 2 amide bonds. The van der Waals surface area contributed by atoms with Crippen LogP contribution in [0, 0.1) is 5.92 Å². The van der Waals surface area contributed by atoms with E-state index in [1.165, 1.54) is 29.0 Å². The minimum atomic E-state index is -4.15. The van der Waals surface area contributed by atoms with Gasteiger partial charge in [0.05, 0.1) is 43.5 Å². The number of fused-ring (bicyclic) bond motifs is 4.